The number of amides is 1. The van der Waals surface area contributed by atoms with Gasteiger partial charge in [0.2, 0.25) is 5.91 Å². The Hall–Kier alpha value is -1.72. The van der Waals surface area contributed by atoms with Gasteiger partial charge in [-0.05, 0) is 56.2 Å². The third kappa shape index (κ3) is 3.55. The number of carbonyl (C=O) groups is 1. The number of hydrogen-bond acceptors (Lipinski definition) is 4. The number of benzene rings is 1. The molecule has 1 aromatic carbocycles. The molecule has 2 aromatic rings. The zero-order valence-corrected chi connectivity index (χ0v) is 16.5. The Bertz CT molecular complexity index is 779. The molecule has 3 heterocycles. The van der Waals surface area contributed by atoms with Gasteiger partial charge in [-0.15, -0.1) is 11.3 Å². The molecule has 0 bridgehead atoms. The van der Waals surface area contributed by atoms with Crippen LogP contribution in [0.15, 0.2) is 41.9 Å². The molecule has 0 unspecified atom stereocenters. The number of rotatable bonds is 4. The Labute approximate surface area is 165 Å². The van der Waals surface area contributed by atoms with Gasteiger partial charge >= 0.3 is 0 Å². The van der Waals surface area contributed by atoms with E-state index in [-0.39, 0.29) is 11.3 Å². The van der Waals surface area contributed by atoms with E-state index in [2.05, 4.69) is 44.4 Å². The number of aromatic nitrogens is 1. The molecule has 1 atom stereocenters. The molecule has 1 spiro atoms. The summed E-state index contributed by atoms with van der Waals surface area (Å²) in [6.07, 6.45) is 7.69. The highest BCUT2D eigenvalue weighted by molar-refractivity contribution is 7.09. The lowest BCUT2D eigenvalue weighted by atomic mass is 9.67. The fourth-order valence-electron chi connectivity index (χ4n) is 4.94. The van der Waals surface area contributed by atoms with Gasteiger partial charge in [-0.25, -0.2) is 4.98 Å². The molecule has 1 aliphatic carbocycles. The van der Waals surface area contributed by atoms with Crippen molar-refractivity contribution < 1.29 is 4.79 Å². The Balaban J connectivity index is 1.33. The summed E-state index contributed by atoms with van der Waals surface area (Å²) < 4.78 is 0. The van der Waals surface area contributed by atoms with Crippen LogP contribution >= 0.6 is 11.3 Å². The van der Waals surface area contributed by atoms with Gasteiger partial charge in [0.15, 0.2) is 0 Å². The van der Waals surface area contributed by atoms with Gasteiger partial charge in [-0.2, -0.15) is 0 Å². The minimum Gasteiger partial charge on any atom is -0.339 e. The molecule has 3 fully saturated rings. The van der Waals surface area contributed by atoms with E-state index < -0.39 is 0 Å². The fraction of sp³-hybridized carbons (Fsp3) is 0.545. The van der Waals surface area contributed by atoms with E-state index in [0.717, 1.165) is 32.6 Å². The summed E-state index contributed by atoms with van der Waals surface area (Å²) in [6.45, 7) is 4.19. The summed E-state index contributed by atoms with van der Waals surface area (Å²) in [6, 6.07) is 11.0. The summed E-state index contributed by atoms with van der Waals surface area (Å²) in [4.78, 5) is 22.5. The van der Waals surface area contributed by atoms with Crippen molar-refractivity contribution in [3.8, 4) is 0 Å². The average Bonchev–Trinajstić information content (AvgIpc) is 3.43. The molecule has 0 N–H and O–H groups in total. The maximum absolute atomic E-state index is 13.2. The standard InChI is InChI=1S/C22H27N3OS/c26-21-19(17-4-2-1-3-5-17)14-22(16-25(21)18-6-7-18)8-11-24(12-9-22)15-20-23-10-13-27-20/h1-5,10,13,18-19H,6-9,11-12,14-16H2/t19-/m0/s1. The third-order valence-corrected chi connectivity index (χ3v) is 7.44. The van der Waals surface area contributed by atoms with Crippen molar-refractivity contribution in [1.82, 2.24) is 14.8 Å². The first-order chi connectivity index (χ1) is 13.2. The van der Waals surface area contributed by atoms with E-state index in [0.29, 0.717) is 11.9 Å². The maximum Gasteiger partial charge on any atom is 0.230 e. The van der Waals surface area contributed by atoms with Crippen molar-refractivity contribution >= 4 is 17.2 Å². The summed E-state index contributed by atoms with van der Waals surface area (Å²) in [5.41, 5.74) is 1.49. The minimum absolute atomic E-state index is 0.0473. The number of nitrogens with zero attached hydrogens (tertiary/aromatic N) is 3. The molecule has 2 saturated heterocycles. The third-order valence-electron chi connectivity index (χ3n) is 6.67. The predicted molar refractivity (Wildman–Crippen MR) is 108 cm³/mol. The molecular weight excluding hydrogens is 354 g/mol. The van der Waals surface area contributed by atoms with Crippen LogP contribution in [0.3, 0.4) is 0 Å². The molecule has 2 aliphatic heterocycles. The zero-order chi connectivity index (χ0) is 18.3. The van der Waals surface area contributed by atoms with Crippen LogP contribution < -0.4 is 0 Å². The Morgan fingerprint density at radius 3 is 2.59 bits per heavy atom. The molecule has 3 aliphatic rings. The second-order valence-corrected chi connectivity index (χ2v) is 9.55. The highest BCUT2D eigenvalue weighted by atomic mass is 32.1. The van der Waals surface area contributed by atoms with E-state index in [1.54, 1.807) is 11.3 Å². The van der Waals surface area contributed by atoms with Crippen molar-refractivity contribution in [1.29, 1.82) is 0 Å². The molecule has 0 radical (unpaired) electrons. The second-order valence-electron chi connectivity index (χ2n) is 8.57. The summed E-state index contributed by atoms with van der Waals surface area (Å²) in [5.74, 6) is 0.422. The van der Waals surface area contributed by atoms with E-state index in [4.69, 9.17) is 0 Å². The molecule has 1 amide bonds. The van der Waals surface area contributed by atoms with Crippen LogP contribution in [0.1, 0.15) is 48.6 Å². The number of piperidine rings is 2. The van der Waals surface area contributed by atoms with Crippen molar-refractivity contribution in [2.75, 3.05) is 19.6 Å². The van der Waals surface area contributed by atoms with E-state index >= 15 is 0 Å². The predicted octanol–water partition coefficient (Wildman–Crippen LogP) is 3.90. The van der Waals surface area contributed by atoms with E-state index in [9.17, 15) is 4.79 Å². The van der Waals surface area contributed by atoms with E-state index in [1.165, 1.54) is 36.3 Å². The fourth-order valence-corrected chi connectivity index (χ4v) is 5.59. The Kier molecular flexibility index (Phi) is 4.52. The highest BCUT2D eigenvalue weighted by Gasteiger charge is 2.49. The normalized spacial score (nSPS) is 25.9. The van der Waals surface area contributed by atoms with Crippen LogP contribution in [0.25, 0.3) is 0 Å². The summed E-state index contributed by atoms with van der Waals surface area (Å²) in [5, 5.41) is 3.28. The lowest BCUT2D eigenvalue weighted by Gasteiger charge is -2.50. The van der Waals surface area contributed by atoms with Crippen molar-refractivity contribution in [3.63, 3.8) is 0 Å². The van der Waals surface area contributed by atoms with Gasteiger partial charge in [0.25, 0.3) is 0 Å². The number of carbonyl (C=O) groups excluding carboxylic acids is 1. The molecule has 1 saturated carbocycles. The van der Waals surface area contributed by atoms with Crippen LogP contribution in [0.5, 0.6) is 0 Å². The van der Waals surface area contributed by atoms with Crippen molar-refractivity contribution in [3.05, 3.63) is 52.5 Å². The number of thiazole rings is 1. The quantitative estimate of drug-likeness (QED) is 0.806. The molecule has 4 nitrogen and oxygen atoms in total. The molecule has 5 rings (SSSR count). The first-order valence-corrected chi connectivity index (χ1v) is 11.1. The lowest BCUT2D eigenvalue weighted by molar-refractivity contribution is -0.142. The molecular formula is C22H27N3OS. The molecule has 1 aromatic heterocycles. The van der Waals surface area contributed by atoms with Gasteiger partial charge in [0.1, 0.15) is 5.01 Å². The maximum atomic E-state index is 13.2. The minimum atomic E-state index is 0.0473. The first kappa shape index (κ1) is 17.4. The van der Waals surface area contributed by atoms with Gasteiger partial charge in [-0.3, -0.25) is 9.69 Å². The van der Waals surface area contributed by atoms with E-state index in [1.807, 2.05) is 12.3 Å². The smallest absolute Gasteiger partial charge is 0.230 e. The van der Waals surface area contributed by atoms with Gasteiger partial charge < -0.3 is 4.90 Å². The van der Waals surface area contributed by atoms with Crippen molar-refractivity contribution in [2.45, 2.75) is 50.6 Å². The number of hydrogen-bond donors (Lipinski definition) is 0. The molecule has 27 heavy (non-hydrogen) atoms. The highest BCUT2D eigenvalue weighted by Crippen LogP contribution is 2.48. The summed E-state index contributed by atoms with van der Waals surface area (Å²) >= 11 is 1.75. The summed E-state index contributed by atoms with van der Waals surface area (Å²) in [7, 11) is 0. The van der Waals surface area contributed by atoms with Crippen LogP contribution in [0.4, 0.5) is 0 Å². The Morgan fingerprint density at radius 1 is 1.15 bits per heavy atom. The monoisotopic (exact) mass is 381 g/mol. The Morgan fingerprint density at radius 2 is 1.93 bits per heavy atom. The zero-order valence-electron chi connectivity index (χ0n) is 15.7. The van der Waals surface area contributed by atoms with Gasteiger partial charge in [0.05, 0.1) is 12.5 Å². The van der Waals surface area contributed by atoms with Crippen LogP contribution in [-0.2, 0) is 11.3 Å². The molecule has 5 heteroatoms. The second kappa shape index (κ2) is 7.02. The van der Waals surface area contributed by atoms with Crippen molar-refractivity contribution in [2.24, 2.45) is 5.41 Å². The van der Waals surface area contributed by atoms with Gasteiger partial charge in [-0.1, -0.05) is 30.3 Å². The first-order valence-electron chi connectivity index (χ1n) is 10.2. The topological polar surface area (TPSA) is 36.4 Å². The van der Waals surface area contributed by atoms with Crippen LogP contribution in [-0.4, -0.2) is 46.4 Å². The SMILES string of the molecule is O=C1[C@H](c2ccccc2)CC2(CCN(Cc3nccs3)CC2)CN1C1CC1. The lowest BCUT2D eigenvalue weighted by Crippen LogP contribution is -2.54. The van der Waals surface area contributed by atoms with Gasteiger partial charge in [0, 0.05) is 24.2 Å². The average molecular weight is 382 g/mol. The molecule has 142 valence electrons. The largest absolute Gasteiger partial charge is 0.339 e. The van der Waals surface area contributed by atoms with Crippen LogP contribution in [0, 0.1) is 5.41 Å². The number of likely N-dealkylation sites (tertiary alicyclic amines) is 2. The van der Waals surface area contributed by atoms with Crippen LogP contribution in [0.2, 0.25) is 0 Å².